The number of methoxy groups -OCH3 is 1. The molecule has 0 aliphatic rings. The van der Waals surface area contributed by atoms with E-state index in [9.17, 15) is 4.79 Å². The summed E-state index contributed by atoms with van der Waals surface area (Å²) >= 11 is 0. The van der Waals surface area contributed by atoms with Crippen LogP contribution < -0.4 is 15.4 Å². The van der Waals surface area contributed by atoms with Gasteiger partial charge in [-0.1, -0.05) is 42.5 Å². The highest BCUT2D eigenvalue weighted by Crippen LogP contribution is 2.20. The van der Waals surface area contributed by atoms with Gasteiger partial charge in [0.15, 0.2) is 0 Å². The Balaban J connectivity index is 1.49. The maximum Gasteiger partial charge on any atom is 0.259 e. The van der Waals surface area contributed by atoms with Crippen LogP contribution in [0.5, 0.6) is 5.75 Å². The quantitative estimate of drug-likeness (QED) is 0.556. The second kappa shape index (κ2) is 9.43. The van der Waals surface area contributed by atoms with E-state index in [0.717, 1.165) is 30.8 Å². The SMILES string of the molecule is COc1ccccc1C(=O)Nc1ccc(NCCCc2ccccc2)cc1. The van der Waals surface area contributed by atoms with Crippen LogP contribution in [0.25, 0.3) is 0 Å². The number of benzene rings is 3. The molecule has 3 rings (SSSR count). The average Bonchev–Trinajstić information content (AvgIpc) is 2.73. The van der Waals surface area contributed by atoms with Crippen molar-refractivity contribution in [3.05, 3.63) is 90.0 Å². The monoisotopic (exact) mass is 360 g/mol. The Morgan fingerprint density at radius 2 is 1.52 bits per heavy atom. The molecule has 0 spiro atoms. The molecule has 27 heavy (non-hydrogen) atoms. The van der Waals surface area contributed by atoms with E-state index in [1.807, 2.05) is 42.5 Å². The first-order valence-electron chi connectivity index (χ1n) is 9.08. The van der Waals surface area contributed by atoms with Gasteiger partial charge in [-0.3, -0.25) is 4.79 Å². The molecule has 1 amide bonds. The molecule has 4 nitrogen and oxygen atoms in total. The zero-order valence-electron chi connectivity index (χ0n) is 15.4. The van der Waals surface area contributed by atoms with Crippen LogP contribution in [-0.2, 0) is 6.42 Å². The third-order valence-corrected chi connectivity index (χ3v) is 4.31. The third kappa shape index (κ3) is 5.35. The molecule has 3 aromatic carbocycles. The van der Waals surface area contributed by atoms with Crippen LogP contribution in [0.1, 0.15) is 22.3 Å². The lowest BCUT2D eigenvalue weighted by Gasteiger charge is -2.10. The second-order valence-electron chi connectivity index (χ2n) is 6.25. The number of ether oxygens (including phenoxy) is 1. The van der Waals surface area contributed by atoms with Gasteiger partial charge in [-0.25, -0.2) is 0 Å². The van der Waals surface area contributed by atoms with Crippen molar-refractivity contribution in [2.24, 2.45) is 0 Å². The highest BCUT2D eigenvalue weighted by molar-refractivity contribution is 6.06. The molecule has 0 atom stereocenters. The number of anilines is 2. The zero-order chi connectivity index (χ0) is 18.9. The number of amides is 1. The summed E-state index contributed by atoms with van der Waals surface area (Å²) in [5.74, 6) is 0.378. The molecule has 0 aliphatic heterocycles. The summed E-state index contributed by atoms with van der Waals surface area (Å²) < 4.78 is 5.24. The van der Waals surface area contributed by atoms with Crippen molar-refractivity contribution in [3.8, 4) is 5.75 Å². The Bertz CT molecular complexity index is 861. The predicted molar refractivity (Wildman–Crippen MR) is 111 cm³/mol. The maximum absolute atomic E-state index is 12.4. The molecule has 0 saturated heterocycles. The average molecular weight is 360 g/mol. The molecule has 4 heteroatoms. The van der Waals surface area contributed by atoms with Gasteiger partial charge in [0.05, 0.1) is 12.7 Å². The van der Waals surface area contributed by atoms with Crippen LogP contribution >= 0.6 is 0 Å². The Morgan fingerprint density at radius 3 is 2.26 bits per heavy atom. The van der Waals surface area contributed by atoms with E-state index in [4.69, 9.17) is 4.74 Å². The van der Waals surface area contributed by atoms with E-state index in [0.29, 0.717) is 11.3 Å². The van der Waals surface area contributed by atoms with Crippen LogP contribution in [0, 0.1) is 0 Å². The lowest BCUT2D eigenvalue weighted by molar-refractivity contribution is 0.102. The smallest absolute Gasteiger partial charge is 0.259 e. The predicted octanol–water partition coefficient (Wildman–Crippen LogP) is 4.99. The van der Waals surface area contributed by atoms with E-state index in [2.05, 4.69) is 34.9 Å². The normalized spacial score (nSPS) is 10.3. The first-order chi connectivity index (χ1) is 13.3. The lowest BCUT2D eigenvalue weighted by atomic mass is 10.1. The highest BCUT2D eigenvalue weighted by Gasteiger charge is 2.11. The van der Waals surface area contributed by atoms with Gasteiger partial charge in [0, 0.05) is 17.9 Å². The molecule has 0 radical (unpaired) electrons. The molecule has 0 aromatic heterocycles. The topological polar surface area (TPSA) is 50.4 Å². The van der Waals surface area contributed by atoms with E-state index < -0.39 is 0 Å². The van der Waals surface area contributed by atoms with Crippen molar-refractivity contribution in [2.45, 2.75) is 12.8 Å². The standard InChI is InChI=1S/C23H24N2O2/c1-27-22-12-6-5-11-21(22)23(26)25-20-15-13-19(14-16-20)24-17-7-10-18-8-3-2-4-9-18/h2-6,8-9,11-16,24H,7,10,17H2,1H3,(H,25,26). The van der Waals surface area contributed by atoms with Crippen LogP contribution in [0.2, 0.25) is 0 Å². The number of carbonyl (C=O) groups excluding carboxylic acids is 1. The van der Waals surface area contributed by atoms with E-state index >= 15 is 0 Å². The van der Waals surface area contributed by atoms with Gasteiger partial charge in [0.1, 0.15) is 5.75 Å². The highest BCUT2D eigenvalue weighted by atomic mass is 16.5. The van der Waals surface area contributed by atoms with Crippen molar-refractivity contribution in [3.63, 3.8) is 0 Å². The third-order valence-electron chi connectivity index (χ3n) is 4.31. The molecular weight excluding hydrogens is 336 g/mol. The first kappa shape index (κ1) is 18.5. The molecule has 0 fully saturated rings. The molecule has 0 unspecified atom stereocenters. The lowest BCUT2D eigenvalue weighted by Crippen LogP contribution is -2.13. The Labute approximate surface area is 160 Å². The minimum atomic E-state index is -0.184. The molecule has 2 N–H and O–H groups in total. The molecule has 138 valence electrons. The second-order valence-corrected chi connectivity index (χ2v) is 6.25. The summed E-state index contributed by atoms with van der Waals surface area (Å²) in [6.07, 6.45) is 2.12. The number of nitrogens with one attached hydrogen (secondary N) is 2. The van der Waals surface area contributed by atoms with Gasteiger partial charge in [-0.2, -0.15) is 0 Å². The van der Waals surface area contributed by atoms with Gasteiger partial charge in [-0.05, 0) is 54.8 Å². The summed E-state index contributed by atoms with van der Waals surface area (Å²) in [5, 5.41) is 6.31. The van der Waals surface area contributed by atoms with Crippen LogP contribution in [0.15, 0.2) is 78.9 Å². The maximum atomic E-state index is 12.4. The molecule has 3 aromatic rings. The van der Waals surface area contributed by atoms with Crippen LogP contribution in [0.4, 0.5) is 11.4 Å². The summed E-state index contributed by atoms with van der Waals surface area (Å²) in [7, 11) is 1.56. The molecule has 0 saturated carbocycles. The van der Waals surface area contributed by atoms with E-state index in [1.165, 1.54) is 5.56 Å². The Hall–Kier alpha value is -3.27. The minimum Gasteiger partial charge on any atom is -0.496 e. The summed E-state index contributed by atoms with van der Waals surface area (Å²) in [6, 6.07) is 25.4. The van der Waals surface area contributed by atoms with E-state index in [1.54, 1.807) is 19.2 Å². The summed E-state index contributed by atoms with van der Waals surface area (Å²) in [6.45, 7) is 0.905. The van der Waals surface area contributed by atoms with Crippen molar-refractivity contribution in [1.29, 1.82) is 0 Å². The minimum absolute atomic E-state index is 0.184. The molecular formula is C23H24N2O2. The van der Waals surface area contributed by atoms with Crippen LogP contribution in [0.3, 0.4) is 0 Å². The number of hydrogen-bond donors (Lipinski definition) is 2. The largest absolute Gasteiger partial charge is 0.496 e. The Kier molecular flexibility index (Phi) is 6.47. The molecule has 0 aliphatic carbocycles. The number of aryl methyl sites for hydroxylation is 1. The van der Waals surface area contributed by atoms with Gasteiger partial charge in [-0.15, -0.1) is 0 Å². The molecule has 0 bridgehead atoms. The van der Waals surface area contributed by atoms with Gasteiger partial charge >= 0.3 is 0 Å². The first-order valence-corrected chi connectivity index (χ1v) is 9.08. The fourth-order valence-electron chi connectivity index (χ4n) is 2.87. The fourth-order valence-corrected chi connectivity index (χ4v) is 2.87. The van der Waals surface area contributed by atoms with Gasteiger partial charge in [0.25, 0.3) is 5.91 Å². The molecule has 0 heterocycles. The summed E-state index contributed by atoms with van der Waals surface area (Å²) in [5.41, 5.74) is 3.66. The zero-order valence-corrected chi connectivity index (χ0v) is 15.4. The number of carbonyl (C=O) groups is 1. The van der Waals surface area contributed by atoms with E-state index in [-0.39, 0.29) is 5.91 Å². The Morgan fingerprint density at radius 1 is 0.852 bits per heavy atom. The van der Waals surface area contributed by atoms with Gasteiger partial charge < -0.3 is 15.4 Å². The van der Waals surface area contributed by atoms with Crippen molar-refractivity contribution in [1.82, 2.24) is 0 Å². The fraction of sp³-hybridized carbons (Fsp3) is 0.174. The number of para-hydroxylation sites is 1. The number of rotatable bonds is 8. The number of hydrogen-bond acceptors (Lipinski definition) is 3. The van der Waals surface area contributed by atoms with Crippen molar-refractivity contribution < 1.29 is 9.53 Å². The van der Waals surface area contributed by atoms with Gasteiger partial charge in [0.2, 0.25) is 0 Å². The van der Waals surface area contributed by atoms with Crippen molar-refractivity contribution >= 4 is 17.3 Å². The van der Waals surface area contributed by atoms with Crippen molar-refractivity contribution in [2.75, 3.05) is 24.3 Å². The summed E-state index contributed by atoms with van der Waals surface area (Å²) in [4.78, 5) is 12.4. The van der Waals surface area contributed by atoms with Crippen LogP contribution in [-0.4, -0.2) is 19.6 Å².